The van der Waals surface area contributed by atoms with Crippen molar-refractivity contribution in [2.45, 2.75) is 25.4 Å². The molecule has 0 spiro atoms. The molecule has 0 N–H and O–H groups in total. The van der Waals surface area contributed by atoms with Gasteiger partial charge in [-0.25, -0.2) is 0 Å². The summed E-state index contributed by atoms with van der Waals surface area (Å²) in [5, 5.41) is 0. The first-order chi connectivity index (χ1) is 9.75. The minimum absolute atomic E-state index is 0.229. The molecular weight excluding hydrogens is 359 g/mol. The van der Waals surface area contributed by atoms with Gasteiger partial charge in [-0.3, -0.25) is 0 Å². The first-order valence-corrected chi connectivity index (χ1v) is 16.2. The van der Waals surface area contributed by atoms with E-state index in [0.717, 1.165) is 0 Å². The molecule has 0 aromatic heterocycles. The van der Waals surface area contributed by atoms with E-state index in [1.807, 2.05) is 3.28 Å². The number of alkyl halides is 1. The summed E-state index contributed by atoms with van der Waals surface area (Å²) < 4.78 is 1.87. The summed E-state index contributed by atoms with van der Waals surface area (Å²) in [7, 11) is 0. The van der Waals surface area contributed by atoms with Crippen LogP contribution in [0.4, 0.5) is 0 Å². The van der Waals surface area contributed by atoms with Crippen LogP contribution >= 0.6 is 11.6 Å². The molecule has 0 heterocycles. The summed E-state index contributed by atoms with van der Waals surface area (Å²) in [6.07, 6.45) is 12.2. The maximum absolute atomic E-state index is 4.64. The second kappa shape index (κ2) is 7.73. The van der Waals surface area contributed by atoms with Crippen LogP contribution in [0.3, 0.4) is 0 Å². The van der Waals surface area contributed by atoms with Gasteiger partial charge < -0.3 is 0 Å². The van der Waals surface area contributed by atoms with Crippen LogP contribution in [0, 0.1) is 0 Å². The number of hydrogen-bond donors (Lipinski definition) is 0. The number of fused-ring (bicyclic) bond motifs is 1. The normalized spacial score (nSPS) is 19.1. The third kappa shape index (κ3) is 3.53. The summed E-state index contributed by atoms with van der Waals surface area (Å²) in [6, 6.07) is 8.86. The molecule has 0 aliphatic heterocycles. The van der Waals surface area contributed by atoms with Crippen LogP contribution in [0.15, 0.2) is 51.3 Å². The van der Waals surface area contributed by atoms with Gasteiger partial charge in [-0.05, 0) is 0 Å². The summed E-state index contributed by atoms with van der Waals surface area (Å²) >= 11 is 4.41. The fourth-order valence-corrected chi connectivity index (χ4v) is 11.9. The SMILES string of the molecule is CCl.C[SiH](C)[Zr][C]1=C(C2C=Cc3ccccc32)C=CC1. The molecule has 0 nitrogen and oxygen atoms in total. The molecule has 2 aliphatic rings. The van der Waals surface area contributed by atoms with E-state index in [0.29, 0.717) is 5.92 Å². The van der Waals surface area contributed by atoms with E-state index in [2.05, 4.69) is 73.3 Å². The molecular formula is C17H21ClSiZr. The van der Waals surface area contributed by atoms with Crippen molar-refractivity contribution >= 4 is 23.6 Å². The predicted octanol–water partition coefficient (Wildman–Crippen LogP) is 4.93. The average molecular weight is 380 g/mol. The van der Waals surface area contributed by atoms with Crippen molar-refractivity contribution in [3.8, 4) is 0 Å². The van der Waals surface area contributed by atoms with E-state index < -0.39 is 0 Å². The fourth-order valence-electron chi connectivity index (χ4n) is 2.82. The molecule has 1 aromatic carbocycles. The van der Waals surface area contributed by atoms with Crippen molar-refractivity contribution in [1.82, 2.24) is 0 Å². The van der Waals surface area contributed by atoms with Crippen molar-refractivity contribution in [2.75, 3.05) is 6.38 Å². The van der Waals surface area contributed by atoms with Crippen molar-refractivity contribution in [3.63, 3.8) is 0 Å². The number of halogens is 1. The van der Waals surface area contributed by atoms with Crippen molar-refractivity contribution in [2.24, 2.45) is 0 Å². The van der Waals surface area contributed by atoms with Gasteiger partial charge in [-0.2, -0.15) is 0 Å². The number of benzene rings is 1. The Balaban J connectivity index is 0.000000704. The molecule has 1 atom stereocenters. The number of allylic oxidation sites excluding steroid dienone is 5. The first kappa shape index (κ1) is 16.2. The van der Waals surface area contributed by atoms with E-state index in [-0.39, 0.29) is 28.3 Å². The standard InChI is InChI=1S/C14H11.C2H7Si.CH3Cl.Zr/c1-2-6-11(5-1)14-10-9-12-7-3-4-8-13(12)14;1-3-2;1-2;/h1,3-5,7-10,14H,2H2;3H,1-2H3;1H3;. The molecule has 0 amide bonds. The van der Waals surface area contributed by atoms with Gasteiger partial charge in [0.25, 0.3) is 0 Å². The van der Waals surface area contributed by atoms with Crippen LogP contribution < -0.4 is 0 Å². The second-order valence-corrected chi connectivity index (χ2v) is 20.0. The molecule has 0 radical (unpaired) electrons. The van der Waals surface area contributed by atoms with E-state index in [9.17, 15) is 0 Å². The fraction of sp³-hybridized carbons (Fsp3) is 0.294. The molecule has 0 fully saturated rings. The van der Waals surface area contributed by atoms with Gasteiger partial charge in [0.2, 0.25) is 0 Å². The molecule has 1 unspecified atom stereocenters. The first-order valence-electron chi connectivity index (χ1n) is 7.07. The number of hydrogen-bond acceptors (Lipinski definition) is 0. The van der Waals surface area contributed by atoms with Gasteiger partial charge in [0.15, 0.2) is 0 Å². The average Bonchev–Trinajstić information content (AvgIpc) is 3.06. The Kier molecular flexibility index (Phi) is 6.26. The van der Waals surface area contributed by atoms with Gasteiger partial charge in [-0.15, -0.1) is 11.6 Å². The van der Waals surface area contributed by atoms with Crippen LogP contribution in [0.5, 0.6) is 0 Å². The molecule has 3 rings (SSSR count). The second-order valence-electron chi connectivity index (χ2n) is 5.31. The molecule has 0 saturated heterocycles. The maximum atomic E-state index is 4.64. The Bertz CT molecular complexity index is 558. The van der Waals surface area contributed by atoms with Crippen LogP contribution in [-0.4, -0.2) is 12.3 Å². The Morgan fingerprint density at radius 3 is 2.65 bits per heavy atom. The van der Waals surface area contributed by atoms with Gasteiger partial charge in [0.05, 0.1) is 0 Å². The zero-order valence-electron chi connectivity index (χ0n) is 12.4. The third-order valence-corrected chi connectivity index (χ3v) is 12.5. The van der Waals surface area contributed by atoms with Crippen LogP contribution in [0.25, 0.3) is 6.08 Å². The molecule has 2 aliphatic carbocycles. The third-order valence-electron chi connectivity index (χ3n) is 3.57. The van der Waals surface area contributed by atoms with Crippen LogP contribution in [-0.2, 0) is 22.4 Å². The Labute approximate surface area is 139 Å². The van der Waals surface area contributed by atoms with Crippen molar-refractivity contribution < 1.29 is 22.4 Å². The van der Waals surface area contributed by atoms with E-state index in [1.165, 1.54) is 23.9 Å². The van der Waals surface area contributed by atoms with Crippen LogP contribution in [0.1, 0.15) is 23.5 Å². The van der Waals surface area contributed by atoms with Gasteiger partial charge >= 0.3 is 122 Å². The molecule has 0 saturated carbocycles. The van der Waals surface area contributed by atoms with Gasteiger partial charge in [-0.1, -0.05) is 0 Å². The zero-order valence-corrected chi connectivity index (χ0v) is 16.7. The Morgan fingerprint density at radius 2 is 1.90 bits per heavy atom. The van der Waals surface area contributed by atoms with E-state index in [1.54, 1.807) is 5.57 Å². The predicted molar refractivity (Wildman–Crippen MR) is 89.7 cm³/mol. The van der Waals surface area contributed by atoms with Crippen molar-refractivity contribution in [3.05, 3.63) is 62.5 Å². The molecule has 104 valence electrons. The number of rotatable bonds is 3. The Hall–Kier alpha value is -0.170. The molecule has 0 bridgehead atoms. The molecule has 3 heteroatoms. The summed E-state index contributed by atoms with van der Waals surface area (Å²) in [4.78, 5) is 0. The quantitative estimate of drug-likeness (QED) is 0.515. The van der Waals surface area contributed by atoms with Crippen LogP contribution in [0.2, 0.25) is 13.1 Å². The molecule has 20 heavy (non-hydrogen) atoms. The van der Waals surface area contributed by atoms with E-state index >= 15 is 0 Å². The minimum atomic E-state index is -0.343. The van der Waals surface area contributed by atoms with Crippen molar-refractivity contribution in [1.29, 1.82) is 0 Å². The van der Waals surface area contributed by atoms with E-state index in [4.69, 9.17) is 0 Å². The topological polar surface area (TPSA) is 0 Å². The van der Waals surface area contributed by atoms with Gasteiger partial charge in [0.1, 0.15) is 0 Å². The monoisotopic (exact) mass is 378 g/mol. The zero-order chi connectivity index (χ0) is 14.5. The van der Waals surface area contributed by atoms with Gasteiger partial charge in [0, 0.05) is 6.38 Å². The summed E-state index contributed by atoms with van der Waals surface area (Å²) in [6.45, 7) is 5.04. The molecule has 1 aromatic rings. The summed E-state index contributed by atoms with van der Waals surface area (Å²) in [5.74, 6) is 0.216. The Morgan fingerprint density at radius 1 is 1.15 bits per heavy atom. The summed E-state index contributed by atoms with van der Waals surface area (Å²) in [5.41, 5.74) is 4.59.